The SMILES string of the molecule is O=C(c1ccc(O)c(Cl)c1)N1CCC(C(F)(F)F)CC1. The zero-order valence-electron chi connectivity index (χ0n) is 10.5. The molecule has 0 bridgehead atoms. The Hall–Kier alpha value is -1.43. The molecule has 3 nitrogen and oxygen atoms in total. The van der Waals surface area contributed by atoms with Crippen LogP contribution in [-0.2, 0) is 0 Å². The van der Waals surface area contributed by atoms with E-state index in [4.69, 9.17) is 11.6 Å². The molecular weight excluding hydrogens is 295 g/mol. The van der Waals surface area contributed by atoms with Gasteiger partial charge in [-0.05, 0) is 31.0 Å². The number of likely N-dealkylation sites (tertiary alicyclic amines) is 1. The normalized spacial score (nSPS) is 17.3. The number of hydrogen-bond donors (Lipinski definition) is 1. The van der Waals surface area contributed by atoms with Gasteiger partial charge in [0.2, 0.25) is 0 Å². The molecule has 1 heterocycles. The van der Waals surface area contributed by atoms with Gasteiger partial charge < -0.3 is 10.0 Å². The lowest BCUT2D eigenvalue weighted by Gasteiger charge is -2.33. The molecule has 1 aromatic carbocycles. The number of halogens is 4. The van der Waals surface area contributed by atoms with E-state index in [9.17, 15) is 23.1 Å². The van der Waals surface area contributed by atoms with E-state index in [1.165, 1.54) is 23.1 Å². The van der Waals surface area contributed by atoms with Crippen LogP contribution in [-0.4, -0.2) is 35.2 Å². The van der Waals surface area contributed by atoms with E-state index >= 15 is 0 Å². The molecule has 110 valence electrons. The van der Waals surface area contributed by atoms with Crippen molar-refractivity contribution in [2.45, 2.75) is 19.0 Å². The second-order valence-electron chi connectivity index (χ2n) is 4.77. The lowest BCUT2D eigenvalue weighted by molar-refractivity contribution is -0.183. The van der Waals surface area contributed by atoms with Gasteiger partial charge in [-0.1, -0.05) is 11.6 Å². The maximum absolute atomic E-state index is 12.5. The van der Waals surface area contributed by atoms with Crippen LogP contribution in [0.3, 0.4) is 0 Å². The first-order valence-corrected chi connectivity index (χ1v) is 6.51. The summed E-state index contributed by atoms with van der Waals surface area (Å²) < 4.78 is 37.6. The number of hydrogen-bond acceptors (Lipinski definition) is 2. The fourth-order valence-electron chi connectivity index (χ4n) is 2.23. The number of phenols is 1. The highest BCUT2D eigenvalue weighted by Crippen LogP contribution is 2.34. The van der Waals surface area contributed by atoms with E-state index in [-0.39, 0.29) is 48.2 Å². The maximum atomic E-state index is 12.5. The zero-order chi connectivity index (χ0) is 14.9. The molecule has 1 aliphatic rings. The van der Waals surface area contributed by atoms with Crippen LogP contribution in [0.1, 0.15) is 23.2 Å². The van der Waals surface area contributed by atoms with Crippen molar-refractivity contribution in [1.82, 2.24) is 4.90 Å². The lowest BCUT2D eigenvalue weighted by Crippen LogP contribution is -2.42. The first-order valence-electron chi connectivity index (χ1n) is 6.13. The van der Waals surface area contributed by atoms with Crippen molar-refractivity contribution < 1.29 is 23.1 Å². The molecule has 0 spiro atoms. The van der Waals surface area contributed by atoms with Crippen molar-refractivity contribution in [1.29, 1.82) is 0 Å². The quantitative estimate of drug-likeness (QED) is 0.863. The van der Waals surface area contributed by atoms with Crippen LogP contribution in [0, 0.1) is 5.92 Å². The number of piperidine rings is 1. The number of amides is 1. The predicted octanol–water partition coefficient (Wildman–Crippen LogP) is 3.46. The first kappa shape index (κ1) is 15.0. The van der Waals surface area contributed by atoms with Crippen molar-refractivity contribution in [2.24, 2.45) is 5.92 Å². The largest absolute Gasteiger partial charge is 0.506 e. The monoisotopic (exact) mass is 307 g/mol. The number of nitrogens with zero attached hydrogens (tertiary/aromatic N) is 1. The van der Waals surface area contributed by atoms with Crippen LogP contribution in [0.4, 0.5) is 13.2 Å². The van der Waals surface area contributed by atoms with Gasteiger partial charge in [0.1, 0.15) is 5.75 Å². The highest BCUT2D eigenvalue weighted by molar-refractivity contribution is 6.32. The summed E-state index contributed by atoms with van der Waals surface area (Å²) in [6.45, 7) is 0.142. The standard InChI is InChI=1S/C13H13ClF3NO2/c14-10-7-8(1-2-11(10)19)12(20)18-5-3-9(4-6-18)13(15,16)17/h1-2,7,9,19H,3-6H2. The summed E-state index contributed by atoms with van der Waals surface area (Å²) in [5.74, 6) is -1.85. The minimum Gasteiger partial charge on any atom is -0.506 e. The maximum Gasteiger partial charge on any atom is 0.391 e. The predicted molar refractivity (Wildman–Crippen MR) is 67.8 cm³/mol. The van der Waals surface area contributed by atoms with Crippen molar-refractivity contribution in [3.05, 3.63) is 28.8 Å². The van der Waals surface area contributed by atoms with Gasteiger partial charge in [-0.2, -0.15) is 13.2 Å². The summed E-state index contributed by atoms with van der Waals surface area (Å²) >= 11 is 5.71. The van der Waals surface area contributed by atoms with Gasteiger partial charge in [0.15, 0.2) is 0 Å². The number of rotatable bonds is 1. The molecule has 1 aliphatic heterocycles. The number of alkyl halides is 3. The molecule has 0 aromatic heterocycles. The van der Waals surface area contributed by atoms with Gasteiger partial charge in [-0.25, -0.2) is 0 Å². The van der Waals surface area contributed by atoms with Crippen LogP contribution >= 0.6 is 11.6 Å². The molecule has 0 saturated carbocycles. The minimum atomic E-state index is -4.20. The fraction of sp³-hybridized carbons (Fsp3) is 0.462. The third-order valence-corrected chi connectivity index (χ3v) is 3.74. The highest BCUT2D eigenvalue weighted by Gasteiger charge is 2.41. The van der Waals surface area contributed by atoms with E-state index in [1.54, 1.807) is 0 Å². The van der Waals surface area contributed by atoms with Crippen molar-refractivity contribution in [3.8, 4) is 5.75 Å². The van der Waals surface area contributed by atoms with Gasteiger partial charge in [0.25, 0.3) is 5.91 Å². The number of carbonyl (C=O) groups excluding carboxylic acids is 1. The summed E-state index contributed by atoms with van der Waals surface area (Å²) in [5, 5.41) is 9.32. The number of benzene rings is 1. The van der Waals surface area contributed by atoms with E-state index < -0.39 is 12.1 Å². The molecule has 7 heteroatoms. The van der Waals surface area contributed by atoms with Gasteiger partial charge in [0.05, 0.1) is 10.9 Å². The molecule has 0 aliphatic carbocycles. The molecule has 1 amide bonds. The molecule has 20 heavy (non-hydrogen) atoms. The van der Waals surface area contributed by atoms with Gasteiger partial charge in [-0.15, -0.1) is 0 Å². The zero-order valence-corrected chi connectivity index (χ0v) is 11.2. The smallest absolute Gasteiger partial charge is 0.391 e. The Morgan fingerprint density at radius 1 is 1.30 bits per heavy atom. The molecule has 0 radical (unpaired) electrons. The van der Waals surface area contributed by atoms with Crippen molar-refractivity contribution >= 4 is 17.5 Å². The third kappa shape index (κ3) is 3.17. The second-order valence-corrected chi connectivity index (χ2v) is 5.18. The Kier molecular flexibility index (Phi) is 4.13. The van der Waals surface area contributed by atoms with Crippen molar-refractivity contribution in [3.63, 3.8) is 0 Å². The van der Waals surface area contributed by atoms with Crippen molar-refractivity contribution in [2.75, 3.05) is 13.1 Å². The second kappa shape index (κ2) is 5.52. The molecule has 0 unspecified atom stereocenters. The molecule has 0 atom stereocenters. The number of phenolic OH excluding ortho intramolecular Hbond substituents is 1. The average Bonchev–Trinajstić information content (AvgIpc) is 2.40. The molecule has 1 fully saturated rings. The van der Waals surface area contributed by atoms with Gasteiger partial charge in [0, 0.05) is 18.7 Å². The van der Waals surface area contributed by atoms with E-state index in [2.05, 4.69) is 0 Å². The summed E-state index contributed by atoms with van der Waals surface area (Å²) in [6.07, 6.45) is -4.36. The van der Waals surface area contributed by atoms with E-state index in [0.29, 0.717) is 0 Å². The van der Waals surface area contributed by atoms with E-state index in [1.807, 2.05) is 0 Å². The van der Waals surface area contributed by atoms with E-state index in [0.717, 1.165) is 0 Å². The third-order valence-electron chi connectivity index (χ3n) is 3.44. The Morgan fingerprint density at radius 3 is 2.40 bits per heavy atom. The summed E-state index contributed by atoms with van der Waals surface area (Å²) in [7, 11) is 0. The fourth-order valence-corrected chi connectivity index (χ4v) is 2.41. The molecule has 1 N–H and O–H groups in total. The van der Waals surface area contributed by atoms with Crippen LogP contribution in [0.5, 0.6) is 5.75 Å². The van der Waals surface area contributed by atoms with Crippen LogP contribution in [0.2, 0.25) is 5.02 Å². The van der Waals surface area contributed by atoms with Crippen LogP contribution in [0.25, 0.3) is 0 Å². The minimum absolute atomic E-state index is 0.0426. The molecule has 2 rings (SSSR count). The average molecular weight is 308 g/mol. The molecular formula is C13H13ClF3NO2. The molecule has 1 saturated heterocycles. The van der Waals surface area contributed by atoms with Gasteiger partial charge in [-0.3, -0.25) is 4.79 Å². The molecule has 1 aromatic rings. The summed E-state index contributed by atoms with van der Waals surface area (Å²) in [4.78, 5) is 13.5. The van der Waals surface area contributed by atoms with Gasteiger partial charge >= 0.3 is 6.18 Å². The topological polar surface area (TPSA) is 40.5 Å². The Balaban J connectivity index is 2.03. The summed E-state index contributed by atoms with van der Waals surface area (Å²) in [6, 6.07) is 4.01. The lowest BCUT2D eigenvalue weighted by atomic mass is 9.96. The van der Waals surface area contributed by atoms with Crippen LogP contribution in [0.15, 0.2) is 18.2 Å². The number of aromatic hydroxyl groups is 1. The first-order chi connectivity index (χ1) is 9.29. The Labute approximate surface area is 118 Å². The van der Waals surface area contributed by atoms with Crippen LogP contribution < -0.4 is 0 Å². The number of carbonyl (C=O) groups is 1. The Bertz CT molecular complexity index is 511. The summed E-state index contributed by atoms with van der Waals surface area (Å²) in [5.41, 5.74) is 0.262. The Morgan fingerprint density at radius 2 is 1.90 bits per heavy atom. The highest BCUT2D eigenvalue weighted by atomic mass is 35.5.